The number of aromatic nitrogens is 1. The summed E-state index contributed by atoms with van der Waals surface area (Å²) in [6.45, 7) is 1.30. The van der Waals surface area contributed by atoms with E-state index in [2.05, 4.69) is 10.3 Å². The molecule has 0 unspecified atom stereocenters. The molecule has 1 heterocycles. The van der Waals surface area contributed by atoms with Crippen molar-refractivity contribution < 1.29 is 0 Å². The fourth-order valence-electron chi connectivity index (χ4n) is 0.725. The molecule has 0 aliphatic carbocycles. The lowest BCUT2D eigenvalue weighted by Gasteiger charge is -2.04. The Kier molecular flexibility index (Phi) is 3.14. The molecule has 0 radical (unpaired) electrons. The van der Waals surface area contributed by atoms with Gasteiger partial charge >= 0.3 is 0 Å². The molecule has 0 aliphatic rings. The molecule has 0 saturated carbocycles. The Hall–Kier alpha value is -0.800. The maximum Gasteiger partial charge on any atom is 0.152 e. The first-order valence-corrected chi connectivity index (χ1v) is 3.77. The van der Waals surface area contributed by atoms with Crippen LogP contribution in [-0.2, 0) is 0 Å². The summed E-state index contributed by atoms with van der Waals surface area (Å²) in [7, 11) is 0. The zero-order chi connectivity index (χ0) is 8.10. The van der Waals surface area contributed by atoms with Crippen molar-refractivity contribution in [2.45, 2.75) is 0 Å². The van der Waals surface area contributed by atoms with Crippen molar-refractivity contribution in [2.24, 2.45) is 5.73 Å². The van der Waals surface area contributed by atoms with E-state index in [9.17, 15) is 0 Å². The van der Waals surface area contributed by atoms with Gasteiger partial charge in [0.2, 0.25) is 0 Å². The summed E-state index contributed by atoms with van der Waals surface area (Å²) in [4.78, 5) is 3.89. The maximum absolute atomic E-state index is 5.75. The molecule has 0 atom stereocenters. The molecule has 0 spiro atoms. The van der Waals surface area contributed by atoms with E-state index in [1.165, 1.54) is 0 Å². The molecule has 0 fully saturated rings. The molecule has 1 rings (SSSR count). The SMILES string of the molecule is NCCNc1cccnc1Cl. The molecule has 1 aromatic heterocycles. The Morgan fingerprint density at radius 3 is 3.09 bits per heavy atom. The number of pyridine rings is 1. The lowest BCUT2D eigenvalue weighted by molar-refractivity contribution is 1.02. The number of anilines is 1. The average molecular weight is 172 g/mol. The first-order valence-electron chi connectivity index (χ1n) is 3.39. The molecule has 0 aromatic carbocycles. The predicted octanol–water partition coefficient (Wildman–Crippen LogP) is 1.11. The number of nitrogens with zero attached hydrogens (tertiary/aromatic N) is 1. The molecule has 3 N–H and O–H groups in total. The monoisotopic (exact) mass is 171 g/mol. The molecular weight excluding hydrogens is 162 g/mol. The number of hydrogen-bond acceptors (Lipinski definition) is 3. The molecule has 60 valence electrons. The summed E-state index contributed by atoms with van der Waals surface area (Å²) in [6.07, 6.45) is 1.65. The lowest BCUT2D eigenvalue weighted by Crippen LogP contribution is -2.13. The largest absolute Gasteiger partial charge is 0.381 e. The van der Waals surface area contributed by atoms with Gasteiger partial charge in [-0.15, -0.1) is 0 Å². The predicted molar refractivity (Wildman–Crippen MR) is 46.8 cm³/mol. The van der Waals surface area contributed by atoms with Crippen LogP contribution in [0.4, 0.5) is 5.69 Å². The number of nitrogens with two attached hydrogens (primary N) is 1. The van der Waals surface area contributed by atoms with Gasteiger partial charge in [-0.3, -0.25) is 0 Å². The van der Waals surface area contributed by atoms with Crippen molar-refractivity contribution in [1.82, 2.24) is 4.98 Å². The Bertz CT molecular complexity index is 227. The van der Waals surface area contributed by atoms with E-state index >= 15 is 0 Å². The molecule has 4 heteroatoms. The Labute approximate surface area is 70.6 Å². The fraction of sp³-hybridized carbons (Fsp3) is 0.286. The third-order valence-electron chi connectivity index (χ3n) is 1.22. The van der Waals surface area contributed by atoms with Crippen LogP contribution < -0.4 is 11.1 Å². The van der Waals surface area contributed by atoms with Gasteiger partial charge in [0.05, 0.1) is 5.69 Å². The van der Waals surface area contributed by atoms with E-state index < -0.39 is 0 Å². The van der Waals surface area contributed by atoms with Crippen LogP contribution in [0.5, 0.6) is 0 Å². The molecule has 11 heavy (non-hydrogen) atoms. The highest BCUT2D eigenvalue weighted by atomic mass is 35.5. The second kappa shape index (κ2) is 4.16. The summed E-state index contributed by atoms with van der Waals surface area (Å²) in [5.74, 6) is 0. The highest BCUT2D eigenvalue weighted by molar-refractivity contribution is 6.31. The Balaban J connectivity index is 2.62. The quantitative estimate of drug-likeness (QED) is 0.670. The zero-order valence-electron chi connectivity index (χ0n) is 6.05. The van der Waals surface area contributed by atoms with Gasteiger partial charge in [-0.2, -0.15) is 0 Å². The van der Waals surface area contributed by atoms with Gasteiger partial charge in [-0.1, -0.05) is 11.6 Å². The topological polar surface area (TPSA) is 50.9 Å². The summed E-state index contributed by atoms with van der Waals surface area (Å²) in [6, 6.07) is 3.69. The second-order valence-corrected chi connectivity index (χ2v) is 2.42. The van der Waals surface area contributed by atoms with E-state index in [0.29, 0.717) is 18.2 Å². The summed E-state index contributed by atoms with van der Waals surface area (Å²) >= 11 is 5.75. The summed E-state index contributed by atoms with van der Waals surface area (Å²) in [5.41, 5.74) is 6.13. The molecular formula is C7H10ClN3. The van der Waals surface area contributed by atoms with Crippen LogP contribution in [0.15, 0.2) is 18.3 Å². The Morgan fingerprint density at radius 1 is 1.64 bits per heavy atom. The fourth-order valence-corrected chi connectivity index (χ4v) is 0.911. The van der Waals surface area contributed by atoms with E-state index in [1.54, 1.807) is 6.20 Å². The van der Waals surface area contributed by atoms with E-state index in [4.69, 9.17) is 17.3 Å². The lowest BCUT2D eigenvalue weighted by atomic mass is 10.4. The molecule has 1 aromatic rings. The molecule has 0 aliphatic heterocycles. The molecule has 0 amide bonds. The summed E-state index contributed by atoms with van der Waals surface area (Å²) in [5, 5.41) is 3.53. The third kappa shape index (κ3) is 2.37. The molecule has 0 saturated heterocycles. The first-order chi connectivity index (χ1) is 5.34. The van der Waals surface area contributed by atoms with Crippen molar-refractivity contribution in [3.8, 4) is 0 Å². The highest BCUT2D eigenvalue weighted by Gasteiger charge is 1.96. The smallest absolute Gasteiger partial charge is 0.152 e. The van der Waals surface area contributed by atoms with Gasteiger partial charge in [0, 0.05) is 19.3 Å². The highest BCUT2D eigenvalue weighted by Crippen LogP contribution is 2.16. The van der Waals surface area contributed by atoms with E-state index in [0.717, 1.165) is 5.69 Å². The normalized spacial score (nSPS) is 9.64. The van der Waals surface area contributed by atoms with Crippen molar-refractivity contribution in [3.63, 3.8) is 0 Å². The van der Waals surface area contributed by atoms with Gasteiger partial charge in [0.15, 0.2) is 5.15 Å². The third-order valence-corrected chi connectivity index (χ3v) is 1.52. The van der Waals surface area contributed by atoms with Crippen molar-refractivity contribution >= 4 is 17.3 Å². The van der Waals surface area contributed by atoms with Crippen LogP contribution >= 0.6 is 11.6 Å². The molecule has 0 bridgehead atoms. The van der Waals surface area contributed by atoms with E-state index in [-0.39, 0.29) is 0 Å². The van der Waals surface area contributed by atoms with Gasteiger partial charge in [-0.25, -0.2) is 4.98 Å². The minimum atomic E-state index is 0.487. The van der Waals surface area contributed by atoms with Crippen LogP contribution in [0, 0.1) is 0 Å². The maximum atomic E-state index is 5.75. The zero-order valence-corrected chi connectivity index (χ0v) is 6.80. The summed E-state index contributed by atoms with van der Waals surface area (Å²) < 4.78 is 0. The van der Waals surface area contributed by atoms with Crippen molar-refractivity contribution in [3.05, 3.63) is 23.5 Å². The number of nitrogens with one attached hydrogen (secondary N) is 1. The molecule has 3 nitrogen and oxygen atoms in total. The minimum Gasteiger partial charge on any atom is -0.381 e. The van der Waals surface area contributed by atoms with Crippen molar-refractivity contribution in [2.75, 3.05) is 18.4 Å². The standard InChI is InChI=1S/C7H10ClN3/c8-7-6(10-5-3-9)2-1-4-11-7/h1-2,4,10H,3,5,9H2. The first kappa shape index (κ1) is 8.30. The minimum absolute atomic E-state index is 0.487. The number of rotatable bonds is 3. The van der Waals surface area contributed by atoms with Gasteiger partial charge in [0.25, 0.3) is 0 Å². The number of halogens is 1. The van der Waals surface area contributed by atoms with Crippen LogP contribution in [0.2, 0.25) is 5.15 Å². The van der Waals surface area contributed by atoms with Gasteiger partial charge in [-0.05, 0) is 12.1 Å². The Morgan fingerprint density at radius 2 is 2.45 bits per heavy atom. The van der Waals surface area contributed by atoms with Crippen molar-refractivity contribution in [1.29, 1.82) is 0 Å². The van der Waals surface area contributed by atoms with Gasteiger partial charge in [0.1, 0.15) is 0 Å². The van der Waals surface area contributed by atoms with Crippen LogP contribution in [0.3, 0.4) is 0 Å². The van der Waals surface area contributed by atoms with Crippen LogP contribution in [-0.4, -0.2) is 18.1 Å². The number of hydrogen-bond donors (Lipinski definition) is 2. The van der Waals surface area contributed by atoms with Gasteiger partial charge < -0.3 is 11.1 Å². The second-order valence-electron chi connectivity index (χ2n) is 2.06. The van der Waals surface area contributed by atoms with E-state index in [1.807, 2.05) is 12.1 Å². The van der Waals surface area contributed by atoms with Crippen LogP contribution in [0.1, 0.15) is 0 Å². The van der Waals surface area contributed by atoms with Crippen LogP contribution in [0.25, 0.3) is 0 Å². The average Bonchev–Trinajstić information content (AvgIpc) is 2.03.